The van der Waals surface area contributed by atoms with Crippen LogP contribution in [-0.2, 0) is 4.79 Å². The predicted octanol–water partition coefficient (Wildman–Crippen LogP) is 1.30. The Morgan fingerprint density at radius 2 is 2.06 bits per heavy atom. The van der Waals surface area contributed by atoms with Crippen LogP contribution in [0.2, 0.25) is 0 Å². The molecule has 0 amide bonds. The first-order valence-electron chi connectivity index (χ1n) is 6.00. The highest BCUT2D eigenvalue weighted by Crippen LogP contribution is 2.41. The lowest BCUT2D eigenvalue weighted by Gasteiger charge is -2.29. The quantitative estimate of drug-likeness (QED) is 0.693. The average Bonchev–Trinajstić information content (AvgIpc) is 2.55. The summed E-state index contributed by atoms with van der Waals surface area (Å²) in [5.41, 5.74) is 0. The highest BCUT2D eigenvalue weighted by molar-refractivity contribution is 5.70. The first-order valence-corrected chi connectivity index (χ1v) is 6.00. The number of esters is 1. The maximum atomic E-state index is 10.9. The van der Waals surface area contributed by atoms with Crippen LogP contribution in [0.1, 0.15) is 38.6 Å². The molecule has 0 bridgehead atoms. The first kappa shape index (κ1) is 12.8. The van der Waals surface area contributed by atoms with Crippen LogP contribution >= 0.6 is 0 Å². The number of carbonyl (C=O) groups excluding carboxylic acids is 1. The molecule has 0 saturated heterocycles. The molecule has 1 fully saturated rings. The van der Waals surface area contributed by atoms with Crippen LogP contribution in [0.25, 0.3) is 0 Å². The first-order chi connectivity index (χ1) is 8.50. The molecule has 1 heterocycles. The summed E-state index contributed by atoms with van der Waals surface area (Å²) in [6.07, 6.45) is 2.52. The standard InChI is InChI=1S/C12H17NO5/c1-7(14)18-10-6-11(16)13(12(10)17)8-4-2-3-5-9(8)15/h6,8-9,15-17H,2-5H2,1H3/t8-,9-/m1/s1. The average molecular weight is 255 g/mol. The molecule has 1 aliphatic rings. The van der Waals surface area contributed by atoms with Crippen molar-refractivity contribution < 1.29 is 24.9 Å². The number of rotatable bonds is 2. The van der Waals surface area contributed by atoms with Gasteiger partial charge in [-0.05, 0) is 12.8 Å². The summed E-state index contributed by atoms with van der Waals surface area (Å²) in [5, 5.41) is 29.7. The van der Waals surface area contributed by atoms with Crippen LogP contribution in [0.4, 0.5) is 0 Å². The Bertz CT molecular complexity index is 454. The fourth-order valence-corrected chi connectivity index (χ4v) is 2.43. The molecule has 1 aliphatic carbocycles. The second-order valence-electron chi connectivity index (χ2n) is 4.57. The van der Waals surface area contributed by atoms with Crippen LogP contribution in [0.3, 0.4) is 0 Å². The van der Waals surface area contributed by atoms with E-state index >= 15 is 0 Å². The number of aromatic hydroxyl groups is 2. The molecule has 18 heavy (non-hydrogen) atoms. The number of carbonyl (C=O) groups is 1. The van der Waals surface area contributed by atoms with Crippen molar-refractivity contribution in [2.24, 2.45) is 0 Å². The Balaban J connectivity index is 2.32. The van der Waals surface area contributed by atoms with Gasteiger partial charge in [-0.15, -0.1) is 0 Å². The molecule has 0 aliphatic heterocycles. The summed E-state index contributed by atoms with van der Waals surface area (Å²) in [7, 11) is 0. The molecule has 2 atom stereocenters. The molecule has 0 radical (unpaired) electrons. The van der Waals surface area contributed by atoms with Gasteiger partial charge in [0, 0.05) is 13.0 Å². The lowest BCUT2D eigenvalue weighted by atomic mass is 9.92. The van der Waals surface area contributed by atoms with Crippen molar-refractivity contribution in [1.29, 1.82) is 0 Å². The largest absolute Gasteiger partial charge is 0.494 e. The van der Waals surface area contributed by atoms with E-state index < -0.39 is 12.1 Å². The van der Waals surface area contributed by atoms with Gasteiger partial charge in [-0.3, -0.25) is 9.36 Å². The van der Waals surface area contributed by atoms with Crippen molar-refractivity contribution in [3.05, 3.63) is 6.07 Å². The summed E-state index contributed by atoms with van der Waals surface area (Å²) < 4.78 is 6.01. The van der Waals surface area contributed by atoms with Crippen molar-refractivity contribution >= 4 is 5.97 Å². The zero-order valence-corrected chi connectivity index (χ0v) is 10.2. The van der Waals surface area contributed by atoms with Crippen LogP contribution in [0.15, 0.2) is 6.07 Å². The van der Waals surface area contributed by atoms with E-state index in [2.05, 4.69) is 0 Å². The Morgan fingerprint density at radius 1 is 1.39 bits per heavy atom. The van der Waals surface area contributed by atoms with E-state index in [9.17, 15) is 20.1 Å². The smallest absolute Gasteiger partial charge is 0.308 e. The molecule has 1 aromatic rings. The van der Waals surface area contributed by atoms with Gasteiger partial charge in [0.2, 0.25) is 5.88 Å². The van der Waals surface area contributed by atoms with Crippen molar-refractivity contribution in [3.8, 4) is 17.5 Å². The number of hydrogen-bond acceptors (Lipinski definition) is 5. The number of aliphatic hydroxyl groups is 1. The minimum atomic E-state index is -0.617. The Hall–Kier alpha value is -1.69. The summed E-state index contributed by atoms with van der Waals surface area (Å²) in [4.78, 5) is 10.9. The SMILES string of the molecule is CC(=O)Oc1cc(O)n([C@@H]2CCCC[C@H]2O)c1O. The summed E-state index contributed by atoms with van der Waals surface area (Å²) >= 11 is 0. The number of ether oxygens (including phenoxy) is 1. The molecule has 100 valence electrons. The normalized spacial score (nSPS) is 23.9. The lowest BCUT2D eigenvalue weighted by molar-refractivity contribution is -0.132. The lowest BCUT2D eigenvalue weighted by Crippen LogP contribution is -2.27. The molecule has 0 unspecified atom stereocenters. The van der Waals surface area contributed by atoms with Gasteiger partial charge in [0.25, 0.3) is 0 Å². The molecular formula is C12H17NO5. The molecule has 0 aromatic carbocycles. The third-order valence-electron chi connectivity index (χ3n) is 3.23. The van der Waals surface area contributed by atoms with E-state index in [0.717, 1.165) is 12.8 Å². The molecule has 0 spiro atoms. The van der Waals surface area contributed by atoms with Crippen molar-refractivity contribution in [2.45, 2.75) is 44.8 Å². The van der Waals surface area contributed by atoms with Crippen LogP contribution < -0.4 is 4.74 Å². The van der Waals surface area contributed by atoms with Crippen LogP contribution in [0, 0.1) is 0 Å². The van der Waals surface area contributed by atoms with E-state index in [-0.39, 0.29) is 23.6 Å². The molecule has 1 saturated carbocycles. The molecule has 2 rings (SSSR count). The molecule has 1 aromatic heterocycles. The van der Waals surface area contributed by atoms with Crippen LogP contribution in [-0.4, -0.2) is 32.0 Å². The molecule has 3 N–H and O–H groups in total. The van der Waals surface area contributed by atoms with Gasteiger partial charge >= 0.3 is 5.97 Å². The summed E-state index contributed by atoms with van der Waals surface area (Å²) in [6, 6.07) is 0.793. The van der Waals surface area contributed by atoms with Crippen LogP contribution in [0.5, 0.6) is 17.5 Å². The highest BCUT2D eigenvalue weighted by atomic mass is 16.5. The van der Waals surface area contributed by atoms with Gasteiger partial charge in [-0.2, -0.15) is 0 Å². The van der Waals surface area contributed by atoms with E-state index in [0.29, 0.717) is 12.8 Å². The third-order valence-corrected chi connectivity index (χ3v) is 3.23. The minimum Gasteiger partial charge on any atom is -0.494 e. The van der Waals surface area contributed by atoms with Gasteiger partial charge in [-0.1, -0.05) is 12.8 Å². The maximum Gasteiger partial charge on any atom is 0.308 e. The van der Waals surface area contributed by atoms with Crippen molar-refractivity contribution in [2.75, 3.05) is 0 Å². The zero-order valence-electron chi connectivity index (χ0n) is 10.2. The maximum absolute atomic E-state index is 10.9. The van der Waals surface area contributed by atoms with Crippen molar-refractivity contribution in [1.82, 2.24) is 4.57 Å². The van der Waals surface area contributed by atoms with Gasteiger partial charge in [0.1, 0.15) is 0 Å². The van der Waals surface area contributed by atoms with E-state index in [1.54, 1.807) is 0 Å². The second kappa shape index (κ2) is 4.89. The topological polar surface area (TPSA) is 91.9 Å². The van der Waals surface area contributed by atoms with Gasteiger partial charge in [0.05, 0.1) is 12.1 Å². The molecular weight excluding hydrogens is 238 g/mol. The zero-order chi connectivity index (χ0) is 13.3. The minimum absolute atomic E-state index is 0.0854. The Morgan fingerprint density at radius 3 is 2.67 bits per heavy atom. The molecule has 6 nitrogen and oxygen atoms in total. The number of hydrogen-bond donors (Lipinski definition) is 3. The van der Waals surface area contributed by atoms with Gasteiger partial charge in [0.15, 0.2) is 11.6 Å². The Kier molecular flexibility index (Phi) is 3.47. The third kappa shape index (κ3) is 2.28. The van der Waals surface area contributed by atoms with E-state index in [1.165, 1.54) is 17.6 Å². The number of aromatic nitrogens is 1. The fraction of sp³-hybridized carbons (Fsp3) is 0.583. The van der Waals surface area contributed by atoms with E-state index in [4.69, 9.17) is 4.74 Å². The van der Waals surface area contributed by atoms with Gasteiger partial charge < -0.3 is 20.1 Å². The summed E-state index contributed by atoms with van der Waals surface area (Å²) in [5.74, 6) is -1.20. The summed E-state index contributed by atoms with van der Waals surface area (Å²) in [6.45, 7) is 1.21. The van der Waals surface area contributed by atoms with E-state index in [1.807, 2.05) is 0 Å². The molecule has 6 heteroatoms. The highest BCUT2D eigenvalue weighted by Gasteiger charge is 2.30. The fourth-order valence-electron chi connectivity index (χ4n) is 2.43. The monoisotopic (exact) mass is 255 g/mol. The predicted molar refractivity (Wildman–Crippen MR) is 62.6 cm³/mol. The van der Waals surface area contributed by atoms with Crippen molar-refractivity contribution in [3.63, 3.8) is 0 Å². The number of nitrogens with zero attached hydrogens (tertiary/aromatic N) is 1. The Labute approximate surface area is 104 Å². The number of aliphatic hydroxyl groups excluding tert-OH is 1. The second-order valence-corrected chi connectivity index (χ2v) is 4.57. The van der Waals surface area contributed by atoms with Gasteiger partial charge in [-0.25, -0.2) is 0 Å².